The maximum Gasteiger partial charge on any atom is 0.508 e. The average Bonchev–Trinajstić information content (AvgIpc) is 3.29. The lowest BCUT2D eigenvalue weighted by Crippen LogP contribution is -2.31. The molecule has 39 heavy (non-hydrogen) atoms. The predicted octanol–water partition coefficient (Wildman–Crippen LogP) is 4.00. The van der Waals surface area contributed by atoms with Crippen molar-refractivity contribution in [3.63, 3.8) is 0 Å². The smallest absolute Gasteiger partial charge is 0.432 e. The Balaban J connectivity index is 1.41. The first-order valence-electron chi connectivity index (χ1n) is 12.2. The van der Waals surface area contributed by atoms with E-state index in [0.29, 0.717) is 30.6 Å². The highest BCUT2D eigenvalue weighted by atomic mass is 19.4. The highest BCUT2D eigenvalue weighted by molar-refractivity contribution is 5.90. The molecule has 1 aliphatic heterocycles. The Bertz CT molecular complexity index is 1390. The molecule has 2 heterocycles. The maximum absolute atomic E-state index is 13.5. The molecule has 1 unspecified atom stereocenters. The normalized spacial score (nSPS) is 17.3. The number of fused-ring (bicyclic) bond motifs is 1. The number of carbonyl (C=O) groups is 2. The van der Waals surface area contributed by atoms with Crippen molar-refractivity contribution in [2.24, 2.45) is 0 Å². The number of H-pyrrole nitrogens is 1. The van der Waals surface area contributed by atoms with Crippen LogP contribution in [0, 0.1) is 0 Å². The van der Waals surface area contributed by atoms with Gasteiger partial charge in [-0.3, -0.25) is 9.59 Å². The lowest BCUT2D eigenvalue weighted by Gasteiger charge is -2.14. The van der Waals surface area contributed by atoms with Gasteiger partial charge in [-0.1, -0.05) is 30.3 Å². The van der Waals surface area contributed by atoms with Crippen LogP contribution < -0.4 is 10.9 Å². The Kier molecular flexibility index (Phi) is 8.87. The lowest BCUT2D eigenvalue weighted by atomic mass is 9.93. The summed E-state index contributed by atoms with van der Waals surface area (Å²) in [5, 5.41) is 3.43. The van der Waals surface area contributed by atoms with Gasteiger partial charge in [0.25, 0.3) is 5.56 Å². The molecule has 0 spiro atoms. The third-order valence-electron chi connectivity index (χ3n) is 6.26. The maximum atomic E-state index is 13.5. The summed E-state index contributed by atoms with van der Waals surface area (Å²) in [5.74, 6) is -0.895. The minimum atomic E-state index is -4.59. The number of hydrogen-bond donors (Lipinski definition) is 2. The zero-order valence-corrected chi connectivity index (χ0v) is 21.0. The summed E-state index contributed by atoms with van der Waals surface area (Å²) in [6.07, 6.45) is -5.16. The van der Waals surface area contributed by atoms with Gasteiger partial charge in [0.2, 0.25) is 5.91 Å². The number of benzene rings is 2. The fourth-order valence-corrected chi connectivity index (χ4v) is 4.39. The number of halogens is 3. The second-order valence-electron chi connectivity index (χ2n) is 8.91. The SMILES string of the molecule is COCCOCCOC(=O)OCC1C[C@@H](c2ccc3cc(-c4ccccc4C(F)(F)F)[nH]c(=O)c3c2)C(=O)N1. The summed E-state index contributed by atoms with van der Waals surface area (Å²) in [6.45, 7) is 0.908. The summed E-state index contributed by atoms with van der Waals surface area (Å²) in [5.41, 5.74) is -0.965. The number of rotatable bonds is 10. The van der Waals surface area contributed by atoms with E-state index in [1.165, 1.54) is 24.3 Å². The van der Waals surface area contributed by atoms with Crippen LogP contribution in [-0.4, -0.2) is 63.2 Å². The molecule has 1 fully saturated rings. The molecule has 9 nitrogen and oxygen atoms in total. The van der Waals surface area contributed by atoms with Gasteiger partial charge in [0.15, 0.2) is 0 Å². The number of carbonyl (C=O) groups excluding carboxylic acids is 2. The van der Waals surface area contributed by atoms with E-state index in [0.717, 1.165) is 6.07 Å². The molecule has 0 radical (unpaired) electrons. The van der Waals surface area contributed by atoms with Gasteiger partial charge in [-0.2, -0.15) is 13.2 Å². The number of methoxy groups -OCH3 is 1. The minimum Gasteiger partial charge on any atom is -0.432 e. The molecule has 1 saturated heterocycles. The van der Waals surface area contributed by atoms with E-state index in [1.807, 2.05) is 0 Å². The van der Waals surface area contributed by atoms with E-state index in [2.05, 4.69) is 10.3 Å². The van der Waals surface area contributed by atoms with Gasteiger partial charge in [0.1, 0.15) is 13.2 Å². The van der Waals surface area contributed by atoms with Crippen molar-refractivity contribution < 1.29 is 41.7 Å². The third kappa shape index (κ3) is 6.95. The highest BCUT2D eigenvalue weighted by Gasteiger charge is 2.35. The molecular weight excluding hydrogens is 521 g/mol. The topological polar surface area (TPSA) is 116 Å². The first-order valence-corrected chi connectivity index (χ1v) is 12.2. The van der Waals surface area contributed by atoms with Gasteiger partial charge in [-0.15, -0.1) is 0 Å². The molecular formula is C27H27F3N2O7. The number of amides is 1. The molecule has 208 valence electrons. The monoisotopic (exact) mass is 548 g/mol. The molecule has 3 aromatic rings. The Hall–Kier alpha value is -3.90. The summed E-state index contributed by atoms with van der Waals surface area (Å²) < 4.78 is 60.4. The van der Waals surface area contributed by atoms with Crippen LogP contribution in [0.2, 0.25) is 0 Å². The number of ether oxygens (including phenoxy) is 4. The van der Waals surface area contributed by atoms with Crippen LogP contribution in [0.4, 0.5) is 18.0 Å². The molecule has 0 aliphatic carbocycles. The molecule has 12 heteroatoms. The molecule has 2 aromatic carbocycles. The average molecular weight is 549 g/mol. The number of pyridine rings is 1. The summed E-state index contributed by atoms with van der Waals surface area (Å²) in [6, 6.07) is 10.8. The summed E-state index contributed by atoms with van der Waals surface area (Å²) >= 11 is 0. The van der Waals surface area contributed by atoms with Crippen LogP contribution in [0.15, 0.2) is 53.3 Å². The Morgan fingerprint density at radius 1 is 1.00 bits per heavy atom. The van der Waals surface area contributed by atoms with Crippen LogP contribution in [0.3, 0.4) is 0 Å². The third-order valence-corrected chi connectivity index (χ3v) is 6.26. The van der Waals surface area contributed by atoms with Gasteiger partial charge in [0, 0.05) is 23.8 Å². The first-order chi connectivity index (χ1) is 18.7. The molecule has 4 rings (SSSR count). The fourth-order valence-electron chi connectivity index (χ4n) is 4.39. The predicted molar refractivity (Wildman–Crippen MR) is 134 cm³/mol. The van der Waals surface area contributed by atoms with E-state index in [-0.39, 0.29) is 42.4 Å². The van der Waals surface area contributed by atoms with Gasteiger partial charge in [0.05, 0.1) is 37.3 Å². The van der Waals surface area contributed by atoms with Gasteiger partial charge < -0.3 is 29.2 Å². The Morgan fingerprint density at radius 2 is 1.77 bits per heavy atom. The van der Waals surface area contributed by atoms with Gasteiger partial charge in [-0.25, -0.2) is 4.79 Å². The Morgan fingerprint density at radius 3 is 2.54 bits per heavy atom. The number of aromatic nitrogens is 1. The standard InChI is InChI=1S/C27H27F3N2O7/c1-36-8-9-37-10-11-38-26(35)39-15-18-14-21(24(33)31-18)16-6-7-17-13-23(32-25(34)20(17)12-16)19-4-2-3-5-22(19)27(28,29)30/h2-7,12-13,18,21H,8-11,14-15H2,1H3,(H,31,33)(H,32,34)/t18?,21-/m0/s1. The lowest BCUT2D eigenvalue weighted by molar-refractivity contribution is -0.137. The summed E-state index contributed by atoms with van der Waals surface area (Å²) in [4.78, 5) is 39.8. The molecule has 1 aliphatic rings. The first kappa shape index (κ1) is 28.1. The van der Waals surface area contributed by atoms with Crippen LogP contribution in [0.5, 0.6) is 0 Å². The van der Waals surface area contributed by atoms with Crippen molar-refractivity contribution in [1.82, 2.24) is 10.3 Å². The van der Waals surface area contributed by atoms with E-state index < -0.39 is 35.4 Å². The second-order valence-corrected chi connectivity index (χ2v) is 8.91. The van der Waals surface area contributed by atoms with Crippen LogP contribution in [0.25, 0.3) is 22.0 Å². The molecule has 1 amide bonds. The van der Waals surface area contributed by atoms with Crippen LogP contribution in [-0.2, 0) is 29.9 Å². The van der Waals surface area contributed by atoms with E-state index in [4.69, 9.17) is 18.9 Å². The van der Waals surface area contributed by atoms with Crippen LogP contribution in [0.1, 0.15) is 23.5 Å². The number of aromatic amines is 1. The van der Waals surface area contributed by atoms with Gasteiger partial charge in [-0.05, 0) is 35.6 Å². The zero-order valence-electron chi connectivity index (χ0n) is 21.0. The minimum absolute atomic E-state index is 0.0112. The largest absolute Gasteiger partial charge is 0.508 e. The number of alkyl halides is 3. The van der Waals surface area contributed by atoms with Crippen LogP contribution >= 0.6 is 0 Å². The quantitative estimate of drug-likeness (QED) is 0.291. The zero-order chi connectivity index (χ0) is 28.0. The van der Waals surface area contributed by atoms with Gasteiger partial charge >= 0.3 is 12.3 Å². The second kappa shape index (κ2) is 12.3. The van der Waals surface area contributed by atoms with E-state index >= 15 is 0 Å². The van der Waals surface area contributed by atoms with Crippen molar-refractivity contribution in [1.29, 1.82) is 0 Å². The molecule has 0 bridgehead atoms. The van der Waals surface area contributed by atoms with Crippen molar-refractivity contribution >= 4 is 22.8 Å². The number of nitrogens with one attached hydrogen (secondary N) is 2. The molecule has 2 atom stereocenters. The van der Waals surface area contributed by atoms with Crippen molar-refractivity contribution in [2.45, 2.75) is 24.6 Å². The fraction of sp³-hybridized carbons (Fsp3) is 0.370. The highest BCUT2D eigenvalue weighted by Crippen LogP contribution is 2.37. The van der Waals surface area contributed by atoms with Crippen molar-refractivity contribution in [3.8, 4) is 11.3 Å². The summed E-state index contributed by atoms with van der Waals surface area (Å²) in [7, 11) is 1.55. The molecule has 1 aromatic heterocycles. The van der Waals surface area contributed by atoms with Crippen molar-refractivity contribution in [2.75, 3.05) is 40.1 Å². The van der Waals surface area contributed by atoms with E-state index in [1.54, 1.807) is 25.3 Å². The number of hydrogen-bond acceptors (Lipinski definition) is 7. The molecule has 0 saturated carbocycles. The molecule has 2 N–H and O–H groups in total. The van der Waals surface area contributed by atoms with Crippen molar-refractivity contribution in [3.05, 3.63) is 70.0 Å². The van der Waals surface area contributed by atoms with E-state index in [9.17, 15) is 27.6 Å². The Labute approximate surface area is 221 Å².